The lowest BCUT2D eigenvalue weighted by molar-refractivity contribution is 0.102. The van der Waals surface area contributed by atoms with Crippen LogP contribution in [0.4, 0.5) is 11.4 Å². The first kappa shape index (κ1) is 14.6. The van der Waals surface area contributed by atoms with E-state index in [1.807, 2.05) is 31.2 Å². The number of nitrogens with two attached hydrogens (primary N) is 1. The van der Waals surface area contributed by atoms with E-state index >= 15 is 0 Å². The van der Waals surface area contributed by atoms with Gasteiger partial charge in [0, 0.05) is 10.2 Å². The van der Waals surface area contributed by atoms with Crippen LogP contribution in [0.2, 0.25) is 0 Å². The van der Waals surface area contributed by atoms with Crippen LogP contribution >= 0.6 is 15.9 Å². The Labute approximate surface area is 127 Å². The molecule has 2 aromatic carbocycles. The summed E-state index contributed by atoms with van der Waals surface area (Å²) in [6.45, 7) is 4.05. The van der Waals surface area contributed by atoms with E-state index < -0.39 is 0 Å². The molecule has 0 unspecified atom stereocenters. The van der Waals surface area contributed by atoms with Gasteiger partial charge >= 0.3 is 0 Å². The van der Waals surface area contributed by atoms with Crippen LogP contribution in [0.15, 0.2) is 40.9 Å². The molecule has 0 radical (unpaired) electrons. The van der Waals surface area contributed by atoms with Crippen LogP contribution < -0.4 is 11.1 Å². The van der Waals surface area contributed by atoms with Crippen LogP contribution in [0.1, 0.15) is 28.4 Å². The molecule has 3 nitrogen and oxygen atoms in total. The van der Waals surface area contributed by atoms with Crippen LogP contribution in [0.25, 0.3) is 0 Å². The second-order valence-corrected chi connectivity index (χ2v) is 5.47. The zero-order valence-corrected chi connectivity index (χ0v) is 13.1. The third-order valence-corrected chi connectivity index (χ3v) is 3.97. The Balaban J connectivity index is 2.35. The fourth-order valence-corrected chi connectivity index (χ4v) is 2.48. The average molecular weight is 333 g/mol. The van der Waals surface area contributed by atoms with E-state index in [1.54, 1.807) is 12.1 Å². The maximum atomic E-state index is 12.4. The number of halogens is 1. The van der Waals surface area contributed by atoms with Gasteiger partial charge in [-0.15, -0.1) is 0 Å². The number of hydrogen-bond acceptors (Lipinski definition) is 2. The molecular formula is C16H17BrN2O. The SMILES string of the molecule is CCc1cccc(C)c1NC(=O)c1cccc(Br)c1N. The fourth-order valence-electron chi connectivity index (χ4n) is 2.12. The van der Waals surface area contributed by atoms with Crippen molar-refractivity contribution in [3.63, 3.8) is 0 Å². The van der Waals surface area contributed by atoms with Crippen molar-refractivity contribution in [1.82, 2.24) is 0 Å². The minimum Gasteiger partial charge on any atom is -0.397 e. The summed E-state index contributed by atoms with van der Waals surface area (Å²) in [4.78, 5) is 12.4. The molecule has 0 aliphatic rings. The summed E-state index contributed by atoms with van der Waals surface area (Å²) in [6, 6.07) is 11.3. The number of aryl methyl sites for hydroxylation is 2. The Hall–Kier alpha value is -1.81. The van der Waals surface area contributed by atoms with Gasteiger partial charge in [0.15, 0.2) is 0 Å². The van der Waals surface area contributed by atoms with Crippen molar-refractivity contribution in [2.75, 3.05) is 11.1 Å². The maximum Gasteiger partial charge on any atom is 0.257 e. The van der Waals surface area contributed by atoms with Crippen molar-refractivity contribution in [2.24, 2.45) is 0 Å². The molecule has 4 heteroatoms. The van der Waals surface area contributed by atoms with Crippen LogP contribution in [0, 0.1) is 6.92 Å². The molecule has 1 amide bonds. The second kappa shape index (κ2) is 6.09. The van der Waals surface area contributed by atoms with Crippen LogP contribution in [-0.2, 0) is 6.42 Å². The summed E-state index contributed by atoms with van der Waals surface area (Å²) < 4.78 is 0.727. The first-order valence-corrected chi connectivity index (χ1v) is 7.27. The standard InChI is InChI=1S/C16H17BrN2O/c1-3-11-7-4-6-10(2)15(11)19-16(20)12-8-5-9-13(17)14(12)18/h4-9H,3,18H2,1-2H3,(H,19,20). The molecule has 0 aliphatic carbocycles. The van der Waals surface area contributed by atoms with Gasteiger partial charge in [-0.25, -0.2) is 0 Å². The van der Waals surface area contributed by atoms with Gasteiger partial charge in [0.25, 0.3) is 5.91 Å². The average Bonchev–Trinajstić information content (AvgIpc) is 2.44. The maximum absolute atomic E-state index is 12.4. The summed E-state index contributed by atoms with van der Waals surface area (Å²) in [7, 11) is 0. The summed E-state index contributed by atoms with van der Waals surface area (Å²) in [5.41, 5.74) is 9.91. The van der Waals surface area contributed by atoms with E-state index in [9.17, 15) is 4.79 Å². The topological polar surface area (TPSA) is 55.1 Å². The molecule has 2 rings (SSSR count). The highest BCUT2D eigenvalue weighted by atomic mass is 79.9. The first-order valence-electron chi connectivity index (χ1n) is 6.48. The lowest BCUT2D eigenvalue weighted by Crippen LogP contribution is -2.16. The predicted molar refractivity (Wildman–Crippen MR) is 87.1 cm³/mol. The largest absolute Gasteiger partial charge is 0.397 e. The van der Waals surface area contributed by atoms with E-state index in [0.717, 1.165) is 27.7 Å². The van der Waals surface area contributed by atoms with E-state index in [1.165, 1.54) is 0 Å². The molecule has 0 fully saturated rings. The van der Waals surface area contributed by atoms with E-state index in [4.69, 9.17) is 5.73 Å². The van der Waals surface area contributed by atoms with Gasteiger partial charge in [0.05, 0.1) is 11.3 Å². The van der Waals surface area contributed by atoms with E-state index in [-0.39, 0.29) is 5.91 Å². The van der Waals surface area contributed by atoms with Crippen molar-refractivity contribution < 1.29 is 4.79 Å². The zero-order chi connectivity index (χ0) is 14.7. The van der Waals surface area contributed by atoms with E-state index in [0.29, 0.717) is 11.3 Å². The monoisotopic (exact) mass is 332 g/mol. The number of rotatable bonds is 3. The molecule has 0 aromatic heterocycles. The van der Waals surface area contributed by atoms with Gasteiger partial charge in [-0.2, -0.15) is 0 Å². The van der Waals surface area contributed by atoms with Crippen molar-refractivity contribution in [1.29, 1.82) is 0 Å². The lowest BCUT2D eigenvalue weighted by atomic mass is 10.1. The summed E-state index contributed by atoms with van der Waals surface area (Å²) in [6.07, 6.45) is 0.866. The molecule has 0 saturated carbocycles. The molecule has 0 spiro atoms. The fraction of sp³-hybridized carbons (Fsp3) is 0.188. The summed E-state index contributed by atoms with van der Waals surface area (Å²) in [5, 5.41) is 2.97. The van der Waals surface area contributed by atoms with Gasteiger partial charge in [-0.1, -0.05) is 31.2 Å². The van der Waals surface area contributed by atoms with Crippen LogP contribution in [0.3, 0.4) is 0 Å². The highest BCUT2D eigenvalue weighted by Crippen LogP contribution is 2.26. The van der Waals surface area contributed by atoms with Crippen molar-refractivity contribution in [3.05, 3.63) is 57.6 Å². The summed E-state index contributed by atoms with van der Waals surface area (Å²) in [5.74, 6) is -0.187. The number of carbonyl (C=O) groups is 1. The molecule has 0 atom stereocenters. The first-order chi connectivity index (χ1) is 9.54. The molecule has 3 N–H and O–H groups in total. The smallest absolute Gasteiger partial charge is 0.257 e. The number of anilines is 2. The zero-order valence-electron chi connectivity index (χ0n) is 11.5. The minimum atomic E-state index is -0.187. The highest BCUT2D eigenvalue weighted by molar-refractivity contribution is 9.10. The quantitative estimate of drug-likeness (QED) is 0.829. The van der Waals surface area contributed by atoms with Gasteiger partial charge in [-0.05, 0) is 52.5 Å². The van der Waals surface area contributed by atoms with Crippen molar-refractivity contribution in [2.45, 2.75) is 20.3 Å². The lowest BCUT2D eigenvalue weighted by Gasteiger charge is -2.14. The number of nitrogens with one attached hydrogen (secondary N) is 1. The molecule has 20 heavy (non-hydrogen) atoms. The second-order valence-electron chi connectivity index (χ2n) is 4.62. The van der Waals surface area contributed by atoms with Crippen LogP contribution in [-0.4, -0.2) is 5.91 Å². The van der Waals surface area contributed by atoms with E-state index in [2.05, 4.69) is 28.2 Å². The van der Waals surface area contributed by atoms with Gasteiger partial charge in [0.2, 0.25) is 0 Å². The third kappa shape index (κ3) is 2.85. The number of nitrogen functional groups attached to an aromatic ring is 1. The molecule has 0 saturated heterocycles. The molecule has 0 bridgehead atoms. The minimum absolute atomic E-state index is 0.187. The number of hydrogen-bond donors (Lipinski definition) is 2. The molecule has 0 aliphatic heterocycles. The molecule has 104 valence electrons. The molecular weight excluding hydrogens is 316 g/mol. The van der Waals surface area contributed by atoms with Gasteiger partial charge in [0.1, 0.15) is 0 Å². The number of amides is 1. The Morgan fingerprint density at radius 3 is 2.65 bits per heavy atom. The normalized spacial score (nSPS) is 10.3. The molecule has 2 aromatic rings. The Bertz CT molecular complexity index is 653. The van der Waals surface area contributed by atoms with Gasteiger partial charge < -0.3 is 11.1 Å². The summed E-state index contributed by atoms with van der Waals surface area (Å²) >= 11 is 3.34. The number of carbonyl (C=O) groups excluding carboxylic acids is 1. The Kier molecular flexibility index (Phi) is 4.45. The Morgan fingerprint density at radius 2 is 1.95 bits per heavy atom. The van der Waals surface area contributed by atoms with Crippen LogP contribution in [0.5, 0.6) is 0 Å². The highest BCUT2D eigenvalue weighted by Gasteiger charge is 2.14. The molecule has 0 heterocycles. The number of benzene rings is 2. The van der Waals surface area contributed by atoms with Crippen molar-refractivity contribution >= 4 is 33.2 Å². The van der Waals surface area contributed by atoms with Gasteiger partial charge in [-0.3, -0.25) is 4.79 Å². The predicted octanol–water partition coefficient (Wildman–Crippen LogP) is 4.15. The number of para-hydroxylation sites is 2. The third-order valence-electron chi connectivity index (χ3n) is 3.28. The Morgan fingerprint density at radius 1 is 1.25 bits per heavy atom. The van der Waals surface area contributed by atoms with Crippen molar-refractivity contribution in [3.8, 4) is 0 Å².